The van der Waals surface area contributed by atoms with Gasteiger partial charge in [-0.3, -0.25) is 5.10 Å². The molecule has 0 fully saturated rings. The summed E-state index contributed by atoms with van der Waals surface area (Å²) in [5.41, 5.74) is 2.18. The summed E-state index contributed by atoms with van der Waals surface area (Å²) in [6, 6.07) is 6.94. The molecule has 2 aromatic rings. The molecular formula is C13H16FN3. The molecule has 1 heterocycles. The summed E-state index contributed by atoms with van der Waals surface area (Å²) in [5.74, 6) is -0.205. The summed E-state index contributed by atoms with van der Waals surface area (Å²) in [7, 11) is 0. The number of halogens is 1. The molecule has 1 aromatic heterocycles. The lowest BCUT2D eigenvalue weighted by Gasteiger charge is -2.19. The average Bonchev–Trinajstić information content (AvgIpc) is 2.83. The molecule has 1 aromatic carbocycles. The molecule has 0 spiro atoms. The van der Waals surface area contributed by atoms with Crippen LogP contribution in [0.15, 0.2) is 36.7 Å². The highest BCUT2D eigenvalue weighted by atomic mass is 19.1. The van der Waals surface area contributed by atoms with Crippen molar-refractivity contribution in [3.63, 3.8) is 0 Å². The third kappa shape index (κ3) is 2.91. The van der Waals surface area contributed by atoms with Crippen LogP contribution in [-0.2, 0) is 0 Å². The fourth-order valence-corrected chi connectivity index (χ4v) is 1.82. The molecule has 2 atom stereocenters. The summed E-state index contributed by atoms with van der Waals surface area (Å²) in [6.07, 6.45) is 3.67. The smallest absolute Gasteiger partial charge is 0.123 e. The number of nitrogens with zero attached hydrogens (tertiary/aromatic N) is 1. The van der Waals surface area contributed by atoms with Gasteiger partial charge in [-0.1, -0.05) is 12.1 Å². The molecular weight excluding hydrogens is 217 g/mol. The van der Waals surface area contributed by atoms with Gasteiger partial charge in [0.15, 0.2) is 0 Å². The Bertz CT molecular complexity index is 450. The van der Waals surface area contributed by atoms with Gasteiger partial charge in [0, 0.05) is 23.8 Å². The van der Waals surface area contributed by atoms with Gasteiger partial charge in [0.05, 0.1) is 6.20 Å². The Morgan fingerprint density at radius 2 is 1.76 bits per heavy atom. The van der Waals surface area contributed by atoms with Gasteiger partial charge in [0.1, 0.15) is 5.82 Å². The van der Waals surface area contributed by atoms with Gasteiger partial charge >= 0.3 is 0 Å². The monoisotopic (exact) mass is 233 g/mol. The van der Waals surface area contributed by atoms with E-state index < -0.39 is 0 Å². The normalized spacial score (nSPS) is 14.5. The average molecular weight is 233 g/mol. The van der Waals surface area contributed by atoms with Crippen LogP contribution in [0.3, 0.4) is 0 Å². The Morgan fingerprint density at radius 3 is 2.35 bits per heavy atom. The third-order valence-electron chi connectivity index (χ3n) is 2.89. The molecule has 0 aliphatic heterocycles. The highest BCUT2D eigenvalue weighted by molar-refractivity contribution is 5.20. The van der Waals surface area contributed by atoms with E-state index in [2.05, 4.69) is 29.4 Å². The van der Waals surface area contributed by atoms with E-state index in [9.17, 15) is 4.39 Å². The van der Waals surface area contributed by atoms with Gasteiger partial charge in [-0.2, -0.15) is 5.10 Å². The molecule has 17 heavy (non-hydrogen) atoms. The quantitative estimate of drug-likeness (QED) is 0.852. The van der Waals surface area contributed by atoms with Crippen LogP contribution in [0, 0.1) is 5.82 Å². The van der Waals surface area contributed by atoms with Gasteiger partial charge < -0.3 is 5.32 Å². The van der Waals surface area contributed by atoms with Crippen LogP contribution >= 0.6 is 0 Å². The number of aromatic nitrogens is 2. The van der Waals surface area contributed by atoms with Gasteiger partial charge in [-0.25, -0.2) is 4.39 Å². The predicted octanol–water partition coefficient (Wildman–Crippen LogP) is 2.96. The Labute approximate surface area is 100 Å². The summed E-state index contributed by atoms with van der Waals surface area (Å²) in [6.45, 7) is 4.13. The molecule has 0 radical (unpaired) electrons. The van der Waals surface area contributed by atoms with Crippen molar-refractivity contribution in [2.45, 2.75) is 25.9 Å². The van der Waals surface area contributed by atoms with Crippen LogP contribution in [-0.4, -0.2) is 10.2 Å². The number of hydrogen-bond donors (Lipinski definition) is 2. The van der Waals surface area contributed by atoms with E-state index >= 15 is 0 Å². The number of nitrogens with one attached hydrogen (secondary N) is 2. The summed E-state index contributed by atoms with van der Waals surface area (Å²) in [5, 5.41) is 10.1. The standard InChI is InChI=1S/C13H16FN3/c1-9(11-3-5-13(14)6-4-11)17-10(2)12-7-15-16-8-12/h3-10,17H,1-2H3,(H,15,16). The molecule has 90 valence electrons. The minimum absolute atomic E-state index is 0.167. The highest BCUT2D eigenvalue weighted by Crippen LogP contribution is 2.18. The maximum Gasteiger partial charge on any atom is 0.123 e. The topological polar surface area (TPSA) is 40.7 Å². The lowest BCUT2D eigenvalue weighted by molar-refractivity contribution is 0.494. The van der Waals surface area contributed by atoms with Crippen LogP contribution < -0.4 is 5.32 Å². The summed E-state index contributed by atoms with van der Waals surface area (Å²) in [4.78, 5) is 0. The number of hydrogen-bond acceptors (Lipinski definition) is 2. The van der Waals surface area contributed by atoms with E-state index in [1.807, 2.05) is 6.20 Å². The van der Waals surface area contributed by atoms with Crippen molar-refractivity contribution in [2.24, 2.45) is 0 Å². The zero-order valence-electron chi connectivity index (χ0n) is 9.94. The summed E-state index contributed by atoms with van der Waals surface area (Å²) < 4.78 is 12.8. The van der Waals surface area contributed by atoms with E-state index in [0.29, 0.717) is 0 Å². The Kier molecular flexibility index (Phi) is 3.54. The molecule has 3 nitrogen and oxygen atoms in total. The van der Waals surface area contributed by atoms with Crippen molar-refractivity contribution in [1.82, 2.24) is 15.5 Å². The predicted molar refractivity (Wildman–Crippen MR) is 65.0 cm³/mol. The molecule has 0 amide bonds. The van der Waals surface area contributed by atoms with E-state index in [0.717, 1.165) is 11.1 Å². The van der Waals surface area contributed by atoms with E-state index in [1.54, 1.807) is 18.3 Å². The molecule has 0 saturated heterocycles. The Hall–Kier alpha value is -1.68. The second kappa shape index (κ2) is 5.10. The first-order valence-electron chi connectivity index (χ1n) is 5.67. The maximum absolute atomic E-state index is 12.8. The first-order valence-corrected chi connectivity index (χ1v) is 5.67. The molecule has 0 aliphatic rings. The van der Waals surface area contributed by atoms with Crippen LogP contribution in [0.25, 0.3) is 0 Å². The lowest BCUT2D eigenvalue weighted by Crippen LogP contribution is -2.22. The largest absolute Gasteiger partial charge is 0.304 e. The second-order valence-corrected chi connectivity index (χ2v) is 4.19. The zero-order chi connectivity index (χ0) is 12.3. The molecule has 0 aliphatic carbocycles. The number of benzene rings is 1. The fourth-order valence-electron chi connectivity index (χ4n) is 1.82. The first-order chi connectivity index (χ1) is 8.16. The van der Waals surface area contributed by atoms with Crippen molar-refractivity contribution >= 4 is 0 Å². The van der Waals surface area contributed by atoms with Gasteiger partial charge in [-0.05, 0) is 31.5 Å². The Morgan fingerprint density at radius 1 is 1.12 bits per heavy atom. The van der Waals surface area contributed by atoms with Crippen LogP contribution in [0.1, 0.15) is 37.1 Å². The van der Waals surface area contributed by atoms with E-state index in [4.69, 9.17) is 0 Å². The van der Waals surface area contributed by atoms with Crippen molar-refractivity contribution in [2.75, 3.05) is 0 Å². The lowest BCUT2D eigenvalue weighted by atomic mass is 10.1. The van der Waals surface area contributed by atoms with Crippen LogP contribution in [0.4, 0.5) is 4.39 Å². The van der Waals surface area contributed by atoms with E-state index in [-0.39, 0.29) is 17.9 Å². The third-order valence-corrected chi connectivity index (χ3v) is 2.89. The molecule has 0 bridgehead atoms. The van der Waals surface area contributed by atoms with Gasteiger partial charge in [-0.15, -0.1) is 0 Å². The minimum atomic E-state index is -0.205. The van der Waals surface area contributed by atoms with Gasteiger partial charge in [0.25, 0.3) is 0 Å². The molecule has 2 unspecified atom stereocenters. The molecule has 4 heteroatoms. The Balaban J connectivity index is 2.01. The highest BCUT2D eigenvalue weighted by Gasteiger charge is 2.11. The van der Waals surface area contributed by atoms with Gasteiger partial charge in [0.2, 0.25) is 0 Å². The molecule has 2 N–H and O–H groups in total. The van der Waals surface area contributed by atoms with Crippen LogP contribution in [0.2, 0.25) is 0 Å². The molecule has 0 saturated carbocycles. The first kappa shape index (κ1) is 11.8. The van der Waals surface area contributed by atoms with E-state index in [1.165, 1.54) is 12.1 Å². The molecule has 2 rings (SSSR count). The minimum Gasteiger partial charge on any atom is -0.304 e. The number of H-pyrrole nitrogens is 1. The van der Waals surface area contributed by atoms with Crippen molar-refractivity contribution in [3.05, 3.63) is 53.6 Å². The SMILES string of the molecule is CC(NC(C)c1cn[nH]c1)c1ccc(F)cc1. The maximum atomic E-state index is 12.8. The van der Waals surface area contributed by atoms with Crippen molar-refractivity contribution in [3.8, 4) is 0 Å². The zero-order valence-corrected chi connectivity index (χ0v) is 9.94. The number of rotatable bonds is 4. The van der Waals surface area contributed by atoms with Crippen molar-refractivity contribution in [1.29, 1.82) is 0 Å². The number of aromatic amines is 1. The summed E-state index contributed by atoms with van der Waals surface area (Å²) >= 11 is 0. The fraction of sp³-hybridized carbons (Fsp3) is 0.308. The van der Waals surface area contributed by atoms with Crippen LogP contribution in [0.5, 0.6) is 0 Å². The second-order valence-electron chi connectivity index (χ2n) is 4.19. The van der Waals surface area contributed by atoms with Crippen molar-refractivity contribution < 1.29 is 4.39 Å².